The van der Waals surface area contributed by atoms with Crippen LogP contribution in [0, 0.1) is 13.8 Å². The maximum atomic E-state index is 4.67. The zero-order chi connectivity index (χ0) is 15.4. The molecule has 0 atom stereocenters. The fraction of sp³-hybridized carbons (Fsp3) is 0.412. The van der Waals surface area contributed by atoms with Crippen LogP contribution < -0.4 is 5.32 Å². The molecule has 112 valence electrons. The molecule has 0 unspecified atom stereocenters. The summed E-state index contributed by atoms with van der Waals surface area (Å²) >= 11 is 3.45. The van der Waals surface area contributed by atoms with Crippen LogP contribution in [-0.2, 0) is 13.0 Å². The predicted molar refractivity (Wildman–Crippen MR) is 90.4 cm³/mol. The Morgan fingerprint density at radius 3 is 2.14 bits per heavy atom. The minimum atomic E-state index is 0.464. The average Bonchev–Trinajstić information content (AvgIpc) is 2.40. The topological polar surface area (TPSA) is 37.8 Å². The molecule has 0 amide bonds. The Morgan fingerprint density at radius 1 is 1.05 bits per heavy atom. The number of nitrogens with one attached hydrogen (secondary N) is 1. The third-order valence-electron chi connectivity index (χ3n) is 3.43. The summed E-state index contributed by atoms with van der Waals surface area (Å²) in [5.74, 6) is 0.889. The number of aryl methyl sites for hydroxylation is 2. The van der Waals surface area contributed by atoms with Crippen LogP contribution in [0.25, 0.3) is 0 Å². The molecule has 1 aromatic carbocycles. The van der Waals surface area contributed by atoms with Crippen LogP contribution in [0.15, 0.2) is 28.7 Å². The van der Waals surface area contributed by atoms with E-state index in [1.165, 1.54) is 11.1 Å². The van der Waals surface area contributed by atoms with Crippen LogP contribution in [0.3, 0.4) is 0 Å². The fourth-order valence-corrected chi connectivity index (χ4v) is 2.50. The first-order chi connectivity index (χ1) is 9.95. The highest BCUT2D eigenvalue weighted by atomic mass is 79.9. The van der Waals surface area contributed by atoms with E-state index >= 15 is 0 Å². The number of rotatable bonds is 5. The lowest BCUT2D eigenvalue weighted by molar-refractivity contribution is 0.582. The number of nitrogens with zero attached hydrogens (tertiary/aromatic N) is 2. The predicted octanol–water partition coefficient (Wildman–Crippen LogP) is 3.94. The molecule has 2 rings (SSSR count). The van der Waals surface area contributed by atoms with Crippen LogP contribution in [0.2, 0.25) is 0 Å². The minimum Gasteiger partial charge on any atom is -0.310 e. The summed E-state index contributed by atoms with van der Waals surface area (Å²) in [5, 5.41) is 3.43. The lowest BCUT2D eigenvalue weighted by atomic mass is 10.1. The van der Waals surface area contributed by atoms with Crippen molar-refractivity contribution < 1.29 is 0 Å². The van der Waals surface area contributed by atoms with Crippen LogP contribution in [0.4, 0.5) is 0 Å². The molecular weight excluding hydrogens is 326 g/mol. The van der Waals surface area contributed by atoms with Gasteiger partial charge in [-0.25, -0.2) is 9.97 Å². The molecule has 1 N–H and O–H groups in total. The summed E-state index contributed by atoms with van der Waals surface area (Å²) < 4.78 is 1.09. The van der Waals surface area contributed by atoms with Crippen LogP contribution in [-0.4, -0.2) is 16.0 Å². The van der Waals surface area contributed by atoms with Gasteiger partial charge in [0.15, 0.2) is 0 Å². The Labute approximate surface area is 135 Å². The quantitative estimate of drug-likeness (QED) is 0.889. The standard InChI is InChI=1S/C17H22BrN3/c1-11(2)19-10-16-12(3)20-17(21-13(16)4)9-14-5-7-15(18)8-6-14/h5-8,11,19H,9-10H2,1-4H3. The van der Waals surface area contributed by atoms with Gasteiger partial charge in [-0.15, -0.1) is 0 Å². The fourth-order valence-electron chi connectivity index (χ4n) is 2.23. The van der Waals surface area contributed by atoms with Gasteiger partial charge in [0.2, 0.25) is 0 Å². The zero-order valence-electron chi connectivity index (χ0n) is 13.1. The molecule has 0 saturated carbocycles. The van der Waals surface area contributed by atoms with Gasteiger partial charge in [0, 0.05) is 40.4 Å². The molecular formula is C17H22BrN3. The lowest BCUT2D eigenvalue weighted by Gasteiger charge is -2.13. The van der Waals surface area contributed by atoms with Crippen molar-refractivity contribution in [2.45, 2.75) is 46.7 Å². The van der Waals surface area contributed by atoms with E-state index in [9.17, 15) is 0 Å². The van der Waals surface area contributed by atoms with Crippen molar-refractivity contribution in [2.24, 2.45) is 0 Å². The van der Waals surface area contributed by atoms with Crippen molar-refractivity contribution in [3.63, 3.8) is 0 Å². The molecule has 0 aliphatic rings. The molecule has 0 aliphatic carbocycles. The number of benzene rings is 1. The lowest BCUT2D eigenvalue weighted by Crippen LogP contribution is -2.23. The molecule has 1 aromatic heterocycles. The highest BCUT2D eigenvalue weighted by molar-refractivity contribution is 9.10. The van der Waals surface area contributed by atoms with E-state index in [0.29, 0.717) is 6.04 Å². The first-order valence-electron chi connectivity index (χ1n) is 7.26. The molecule has 21 heavy (non-hydrogen) atoms. The molecule has 0 fully saturated rings. The van der Waals surface area contributed by atoms with E-state index in [4.69, 9.17) is 0 Å². The van der Waals surface area contributed by atoms with E-state index in [2.05, 4.69) is 83.2 Å². The molecule has 3 nitrogen and oxygen atoms in total. The van der Waals surface area contributed by atoms with Gasteiger partial charge < -0.3 is 5.32 Å². The van der Waals surface area contributed by atoms with Crippen LogP contribution >= 0.6 is 15.9 Å². The summed E-state index contributed by atoms with van der Waals surface area (Å²) in [6.45, 7) is 9.25. The number of hydrogen-bond donors (Lipinski definition) is 1. The van der Waals surface area contributed by atoms with Gasteiger partial charge in [0.1, 0.15) is 5.82 Å². The van der Waals surface area contributed by atoms with Gasteiger partial charge in [-0.1, -0.05) is 41.9 Å². The second kappa shape index (κ2) is 7.14. The largest absolute Gasteiger partial charge is 0.310 e. The van der Waals surface area contributed by atoms with Crippen molar-refractivity contribution >= 4 is 15.9 Å². The van der Waals surface area contributed by atoms with Gasteiger partial charge in [0.05, 0.1) is 0 Å². The zero-order valence-corrected chi connectivity index (χ0v) is 14.7. The van der Waals surface area contributed by atoms with Crippen molar-refractivity contribution in [1.82, 2.24) is 15.3 Å². The summed E-state index contributed by atoms with van der Waals surface area (Å²) in [7, 11) is 0. The van der Waals surface area contributed by atoms with Crippen molar-refractivity contribution in [2.75, 3.05) is 0 Å². The van der Waals surface area contributed by atoms with E-state index in [1.807, 2.05) is 0 Å². The van der Waals surface area contributed by atoms with E-state index in [0.717, 1.165) is 34.7 Å². The highest BCUT2D eigenvalue weighted by Gasteiger charge is 2.09. The van der Waals surface area contributed by atoms with Crippen LogP contribution in [0.1, 0.15) is 42.2 Å². The van der Waals surface area contributed by atoms with E-state index < -0.39 is 0 Å². The molecule has 0 radical (unpaired) electrons. The minimum absolute atomic E-state index is 0.464. The summed E-state index contributed by atoms with van der Waals surface area (Å²) in [6, 6.07) is 8.77. The summed E-state index contributed by atoms with van der Waals surface area (Å²) in [6.07, 6.45) is 0.771. The smallest absolute Gasteiger partial charge is 0.133 e. The van der Waals surface area contributed by atoms with Crippen molar-refractivity contribution in [1.29, 1.82) is 0 Å². The Hall–Kier alpha value is -1.26. The Kier molecular flexibility index (Phi) is 5.48. The van der Waals surface area contributed by atoms with Gasteiger partial charge >= 0.3 is 0 Å². The van der Waals surface area contributed by atoms with Gasteiger partial charge in [0.25, 0.3) is 0 Å². The monoisotopic (exact) mass is 347 g/mol. The Balaban J connectivity index is 2.17. The Morgan fingerprint density at radius 2 is 1.62 bits per heavy atom. The van der Waals surface area contributed by atoms with E-state index in [-0.39, 0.29) is 0 Å². The normalized spacial score (nSPS) is 11.1. The van der Waals surface area contributed by atoms with Crippen molar-refractivity contribution in [3.05, 3.63) is 57.1 Å². The van der Waals surface area contributed by atoms with Gasteiger partial charge in [-0.3, -0.25) is 0 Å². The Bertz CT molecular complexity index is 583. The summed E-state index contributed by atoms with van der Waals surface area (Å²) in [5.41, 5.74) is 4.58. The molecule has 1 heterocycles. The second-order valence-corrected chi connectivity index (χ2v) is 6.54. The first kappa shape index (κ1) is 16.1. The maximum Gasteiger partial charge on any atom is 0.133 e. The van der Waals surface area contributed by atoms with Crippen molar-refractivity contribution in [3.8, 4) is 0 Å². The van der Waals surface area contributed by atoms with Crippen LogP contribution in [0.5, 0.6) is 0 Å². The van der Waals surface area contributed by atoms with Gasteiger partial charge in [-0.2, -0.15) is 0 Å². The second-order valence-electron chi connectivity index (χ2n) is 5.63. The SMILES string of the molecule is Cc1nc(Cc2ccc(Br)cc2)nc(C)c1CNC(C)C. The molecule has 0 saturated heterocycles. The highest BCUT2D eigenvalue weighted by Crippen LogP contribution is 2.15. The first-order valence-corrected chi connectivity index (χ1v) is 8.06. The van der Waals surface area contributed by atoms with Gasteiger partial charge in [-0.05, 0) is 31.5 Å². The molecule has 4 heteroatoms. The maximum absolute atomic E-state index is 4.67. The molecule has 0 aliphatic heterocycles. The third-order valence-corrected chi connectivity index (χ3v) is 3.96. The molecule has 2 aromatic rings. The number of hydrogen-bond acceptors (Lipinski definition) is 3. The third kappa shape index (κ3) is 4.61. The number of aromatic nitrogens is 2. The summed E-state index contributed by atoms with van der Waals surface area (Å²) in [4.78, 5) is 9.33. The number of halogens is 1. The average molecular weight is 348 g/mol. The molecule has 0 bridgehead atoms. The molecule has 0 spiro atoms. The van der Waals surface area contributed by atoms with E-state index in [1.54, 1.807) is 0 Å².